The SMILES string of the molecule is c1ccc(-c2ccc(-c3ccccc3N(c3ccc(-c4ccc(-c5cccc6ccccc56)cc4)cc3)c3ccccc3-c3ccccc3-c3ccccc3-c3ccccc3)cc2)cc1. The number of para-hydroxylation sites is 2. The Kier molecular flexibility index (Phi) is 10.7. The minimum atomic E-state index is 1.07. The third-order valence-electron chi connectivity index (χ3n) is 12.6. The second-order valence-corrected chi connectivity index (χ2v) is 16.4. The van der Waals surface area contributed by atoms with Gasteiger partial charge in [-0.05, 0) is 102 Å². The van der Waals surface area contributed by atoms with Crippen LogP contribution in [0.3, 0.4) is 0 Å². The maximum absolute atomic E-state index is 2.45. The van der Waals surface area contributed by atoms with E-state index in [-0.39, 0.29) is 0 Å². The number of fused-ring (bicyclic) bond motifs is 1. The molecule has 306 valence electrons. The van der Waals surface area contributed by atoms with Gasteiger partial charge in [-0.1, -0.05) is 249 Å². The van der Waals surface area contributed by atoms with Gasteiger partial charge in [0.1, 0.15) is 0 Å². The number of benzene rings is 11. The molecule has 0 radical (unpaired) electrons. The van der Waals surface area contributed by atoms with Crippen LogP contribution < -0.4 is 4.90 Å². The van der Waals surface area contributed by atoms with Crippen LogP contribution >= 0.6 is 0 Å². The Morgan fingerprint density at radius 2 is 0.523 bits per heavy atom. The smallest absolute Gasteiger partial charge is 0.0540 e. The average molecular weight is 828 g/mol. The van der Waals surface area contributed by atoms with Gasteiger partial charge in [0, 0.05) is 16.8 Å². The zero-order valence-corrected chi connectivity index (χ0v) is 35.9. The van der Waals surface area contributed by atoms with Crippen LogP contribution in [-0.4, -0.2) is 0 Å². The molecular weight excluding hydrogens is 783 g/mol. The van der Waals surface area contributed by atoms with E-state index >= 15 is 0 Å². The minimum Gasteiger partial charge on any atom is -0.309 e. The van der Waals surface area contributed by atoms with Crippen molar-refractivity contribution in [2.24, 2.45) is 0 Å². The molecule has 0 heterocycles. The maximum Gasteiger partial charge on any atom is 0.0540 e. The van der Waals surface area contributed by atoms with Crippen molar-refractivity contribution in [2.45, 2.75) is 0 Å². The Bertz CT molecular complexity index is 3380. The van der Waals surface area contributed by atoms with Crippen LogP contribution in [0.4, 0.5) is 17.1 Å². The lowest BCUT2D eigenvalue weighted by Crippen LogP contribution is -2.12. The van der Waals surface area contributed by atoms with E-state index in [4.69, 9.17) is 0 Å². The molecule has 0 N–H and O–H groups in total. The lowest BCUT2D eigenvalue weighted by Gasteiger charge is -2.30. The number of hydrogen-bond acceptors (Lipinski definition) is 1. The van der Waals surface area contributed by atoms with E-state index in [0.717, 1.165) is 33.8 Å². The molecule has 65 heavy (non-hydrogen) atoms. The molecule has 1 nitrogen and oxygen atoms in total. The summed E-state index contributed by atoms with van der Waals surface area (Å²) in [5.41, 5.74) is 19.9. The van der Waals surface area contributed by atoms with Crippen molar-refractivity contribution in [3.05, 3.63) is 273 Å². The van der Waals surface area contributed by atoms with E-state index in [0.29, 0.717) is 0 Å². The van der Waals surface area contributed by atoms with E-state index in [1.54, 1.807) is 0 Å². The maximum atomic E-state index is 2.45. The summed E-state index contributed by atoms with van der Waals surface area (Å²) in [6.07, 6.45) is 0. The fourth-order valence-electron chi connectivity index (χ4n) is 9.35. The van der Waals surface area contributed by atoms with Crippen LogP contribution in [0.15, 0.2) is 273 Å². The third-order valence-corrected chi connectivity index (χ3v) is 12.6. The van der Waals surface area contributed by atoms with Crippen molar-refractivity contribution in [3.63, 3.8) is 0 Å². The quantitative estimate of drug-likeness (QED) is 0.133. The van der Waals surface area contributed by atoms with Crippen molar-refractivity contribution in [2.75, 3.05) is 4.90 Å². The summed E-state index contributed by atoms with van der Waals surface area (Å²) in [5.74, 6) is 0. The van der Waals surface area contributed by atoms with Crippen LogP contribution in [0.5, 0.6) is 0 Å². The Hall–Kier alpha value is -8.52. The highest BCUT2D eigenvalue weighted by atomic mass is 15.1. The topological polar surface area (TPSA) is 3.24 Å². The Morgan fingerprint density at radius 1 is 0.185 bits per heavy atom. The average Bonchev–Trinajstić information content (AvgIpc) is 3.40. The Balaban J connectivity index is 1.04. The highest BCUT2D eigenvalue weighted by Gasteiger charge is 2.22. The first-order valence-corrected chi connectivity index (χ1v) is 22.3. The summed E-state index contributed by atoms with van der Waals surface area (Å²) >= 11 is 0. The van der Waals surface area contributed by atoms with Crippen molar-refractivity contribution in [1.29, 1.82) is 0 Å². The van der Waals surface area contributed by atoms with E-state index in [9.17, 15) is 0 Å². The summed E-state index contributed by atoms with van der Waals surface area (Å²) in [7, 11) is 0. The van der Waals surface area contributed by atoms with Crippen molar-refractivity contribution < 1.29 is 0 Å². The van der Waals surface area contributed by atoms with Gasteiger partial charge in [-0.2, -0.15) is 0 Å². The summed E-state index contributed by atoms with van der Waals surface area (Å²) in [4.78, 5) is 2.45. The molecule has 1 heteroatoms. The van der Waals surface area contributed by atoms with Crippen molar-refractivity contribution >= 4 is 27.8 Å². The van der Waals surface area contributed by atoms with Gasteiger partial charge in [-0.15, -0.1) is 0 Å². The van der Waals surface area contributed by atoms with E-state index in [1.807, 2.05) is 0 Å². The van der Waals surface area contributed by atoms with Gasteiger partial charge < -0.3 is 4.90 Å². The lowest BCUT2D eigenvalue weighted by molar-refractivity contribution is 1.28. The largest absolute Gasteiger partial charge is 0.309 e. The molecule has 11 aromatic rings. The first-order chi connectivity index (χ1) is 32.3. The number of rotatable bonds is 10. The minimum absolute atomic E-state index is 1.07. The van der Waals surface area contributed by atoms with Crippen LogP contribution in [0.2, 0.25) is 0 Å². The van der Waals surface area contributed by atoms with Gasteiger partial charge in [0.15, 0.2) is 0 Å². The van der Waals surface area contributed by atoms with Crippen LogP contribution in [0.1, 0.15) is 0 Å². The molecule has 0 aliphatic rings. The first kappa shape index (κ1) is 39.3. The highest BCUT2D eigenvalue weighted by Crippen LogP contribution is 2.47. The Labute approximate surface area is 381 Å². The fourth-order valence-corrected chi connectivity index (χ4v) is 9.35. The van der Waals surface area contributed by atoms with Gasteiger partial charge in [0.2, 0.25) is 0 Å². The van der Waals surface area contributed by atoms with Gasteiger partial charge in [-0.3, -0.25) is 0 Å². The van der Waals surface area contributed by atoms with Gasteiger partial charge in [-0.25, -0.2) is 0 Å². The molecule has 0 saturated heterocycles. The number of anilines is 3. The molecule has 0 saturated carbocycles. The van der Waals surface area contributed by atoms with Gasteiger partial charge >= 0.3 is 0 Å². The molecule has 0 bridgehead atoms. The third kappa shape index (κ3) is 7.82. The molecule has 11 rings (SSSR count). The van der Waals surface area contributed by atoms with Crippen LogP contribution in [0, 0.1) is 0 Å². The van der Waals surface area contributed by atoms with E-state index in [1.165, 1.54) is 72.0 Å². The molecule has 0 aliphatic heterocycles. The van der Waals surface area contributed by atoms with Crippen LogP contribution in [0.25, 0.3) is 88.7 Å². The predicted octanol–water partition coefficient (Wildman–Crippen LogP) is 18.0. The molecular formula is C64H45N. The van der Waals surface area contributed by atoms with Gasteiger partial charge in [0.25, 0.3) is 0 Å². The molecule has 0 fully saturated rings. The normalized spacial score (nSPS) is 11.1. The second kappa shape index (κ2) is 17.7. The summed E-state index contributed by atoms with van der Waals surface area (Å²) in [6, 6.07) is 98.8. The molecule has 0 unspecified atom stereocenters. The lowest BCUT2D eigenvalue weighted by atomic mass is 9.88. The molecule has 0 spiro atoms. The molecule has 0 atom stereocenters. The summed E-state index contributed by atoms with van der Waals surface area (Å²) < 4.78 is 0. The molecule has 11 aromatic carbocycles. The zero-order valence-electron chi connectivity index (χ0n) is 35.9. The monoisotopic (exact) mass is 827 g/mol. The standard InChI is InChI=1S/C64H45N/c1-3-18-46(19-4-1)47-36-40-53(41-37-47)58-26-13-15-32-63(58)65(54-44-42-49(43-45-54)48-34-38-52(39-35-48)56-31-17-23-51-22-7-8-24-55(51)56)64-33-16-14-30-62(64)61-29-12-11-28-60(61)59-27-10-9-25-57(59)50-20-5-2-6-21-50/h1-45H. The second-order valence-electron chi connectivity index (χ2n) is 16.4. The van der Waals surface area contributed by atoms with Crippen molar-refractivity contribution in [1.82, 2.24) is 0 Å². The Morgan fingerprint density at radius 3 is 1.14 bits per heavy atom. The molecule has 0 aromatic heterocycles. The number of nitrogens with zero attached hydrogens (tertiary/aromatic N) is 1. The van der Waals surface area contributed by atoms with E-state index < -0.39 is 0 Å². The molecule has 0 aliphatic carbocycles. The zero-order chi connectivity index (χ0) is 43.4. The summed E-state index contributed by atoms with van der Waals surface area (Å²) in [6.45, 7) is 0. The van der Waals surface area contributed by atoms with Crippen molar-refractivity contribution in [3.8, 4) is 77.9 Å². The van der Waals surface area contributed by atoms with E-state index in [2.05, 4.69) is 278 Å². The molecule has 0 amide bonds. The van der Waals surface area contributed by atoms with Crippen LogP contribution in [-0.2, 0) is 0 Å². The first-order valence-electron chi connectivity index (χ1n) is 22.3. The van der Waals surface area contributed by atoms with Gasteiger partial charge in [0.05, 0.1) is 11.4 Å². The fraction of sp³-hybridized carbons (Fsp3) is 0. The summed E-state index contributed by atoms with van der Waals surface area (Å²) in [5, 5.41) is 2.52. The number of hydrogen-bond donors (Lipinski definition) is 0. The predicted molar refractivity (Wildman–Crippen MR) is 277 cm³/mol. The highest BCUT2D eigenvalue weighted by molar-refractivity contribution is 6.00.